The molecule has 0 heterocycles. The third-order valence-electron chi connectivity index (χ3n) is 3.42. The second-order valence-corrected chi connectivity index (χ2v) is 17.6. The molecule has 0 aliphatic heterocycles. The predicted molar refractivity (Wildman–Crippen MR) is 89.0 cm³/mol. The first-order valence-electron chi connectivity index (χ1n) is 7.35. The number of Topliss-reactive ketones (excluding diaryl/α,β-unsaturated/α-hetero) is 2. The normalized spacial score (nSPS) is 23.1. The molecule has 0 aromatic carbocycles. The lowest BCUT2D eigenvalue weighted by atomic mass is 9.84. The number of carbonyl (C=O) groups is 2. The Kier molecular flexibility index (Phi) is 5.13. The molecule has 20 heavy (non-hydrogen) atoms. The third-order valence-corrected chi connectivity index (χ3v) is 10.2. The standard InChI is InChI=1S/C14H28N2O2Si2/c1-11(17)14-12(9-8-10-13(14)18)15-16(19(2,3)4)20(5,6)7/h14H,8-10H2,1-7H3. The highest BCUT2D eigenvalue weighted by Crippen LogP contribution is 2.25. The molecule has 0 saturated heterocycles. The Morgan fingerprint density at radius 2 is 1.60 bits per heavy atom. The zero-order chi connectivity index (χ0) is 15.7. The fourth-order valence-electron chi connectivity index (χ4n) is 2.92. The number of ketones is 2. The molecule has 0 aromatic heterocycles. The first kappa shape index (κ1) is 17.3. The highest BCUT2D eigenvalue weighted by atomic mass is 28.4. The summed E-state index contributed by atoms with van der Waals surface area (Å²) in [5, 5.41) is 4.86. The van der Waals surface area contributed by atoms with Crippen LogP contribution in [0.1, 0.15) is 26.2 Å². The molecule has 0 aromatic rings. The lowest BCUT2D eigenvalue weighted by molar-refractivity contribution is -0.129. The number of hydrazone groups is 1. The Hall–Kier alpha value is -0.756. The molecule has 1 aliphatic carbocycles. The van der Waals surface area contributed by atoms with Crippen LogP contribution < -0.4 is 0 Å². The van der Waals surface area contributed by atoms with Crippen molar-refractivity contribution in [3.63, 3.8) is 0 Å². The van der Waals surface area contributed by atoms with Gasteiger partial charge in [-0.15, -0.1) is 0 Å². The first-order chi connectivity index (χ1) is 8.94. The molecule has 1 rings (SSSR count). The fraction of sp³-hybridized carbons (Fsp3) is 0.786. The van der Waals surface area contributed by atoms with E-state index < -0.39 is 22.4 Å². The minimum Gasteiger partial charge on any atom is -0.350 e. The smallest absolute Gasteiger partial charge is 0.158 e. The number of hydrogen-bond acceptors (Lipinski definition) is 4. The van der Waals surface area contributed by atoms with Gasteiger partial charge in [0.25, 0.3) is 0 Å². The van der Waals surface area contributed by atoms with Gasteiger partial charge in [-0.05, 0) is 19.8 Å². The Labute approximate surface area is 124 Å². The molecule has 0 amide bonds. The summed E-state index contributed by atoms with van der Waals surface area (Å²) in [5.41, 5.74) is 0.804. The largest absolute Gasteiger partial charge is 0.350 e. The molecule has 6 heteroatoms. The van der Waals surface area contributed by atoms with Gasteiger partial charge in [0, 0.05) is 6.42 Å². The molecule has 114 valence electrons. The van der Waals surface area contributed by atoms with Crippen LogP contribution in [-0.2, 0) is 9.59 Å². The van der Waals surface area contributed by atoms with Gasteiger partial charge in [-0.2, -0.15) is 0 Å². The molecule has 0 radical (unpaired) electrons. The van der Waals surface area contributed by atoms with E-state index in [2.05, 4.69) is 43.6 Å². The zero-order valence-electron chi connectivity index (χ0n) is 13.9. The Balaban J connectivity index is 3.21. The zero-order valence-corrected chi connectivity index (χ0v) is 15.9. The summed E-state index contributed by atoms with van der Waals surface area (Å²) in [6.45, 7) is 15.1. The van der Waals surface area contributed by atoms with Gasteiger partial charge in [-0.1, -0.05) is 39.3 Å². The Morgan fingerprint density at radius 1 is 1.10 bits per heavy atom. The minimum atomic E-state index is -1.61. The van der Waals surface area contributed by atoms with E-state index in [1.165, 1.54) is 6.92 Å². The van der Waals surface area contributed by atoms with Gasteiger partial charge < -0.3 is 4.34 Å². The SMILES string of the molecule is CC(=O)C1C(=O)CCCC1=NN([Si](C)(C)C)[Si](C)(C)C. The van der Waals surface area contributed by atoms with Crippen LogP contribution in [-0.4, -0.2) is 38.1 Å². The minimum absolute atomic E-state index is 0.0496. The second kappa shape index (κ2) is 5.93. The van der Waals surface area contributed by atoms with Crippen LogP contribution in [0.2, 0.25) is 39.3 Å². The monoisotopic (exact) mass is 312 g/mol. The van der Waals surface area contributed by atoms with Gasteiger partial charge in [0.15, 0.2) is 16.5 Å². The van der Waals surface area contributed by atoms with Crippen LogP contribution in [0.15, 0.2) is 5.10 Å². The highest BCUT2D eigenvalue weighted by molar-refractivity contribution is 6.89. The van der Waals surface area contributed by atoms with E-state index in [9.17, 15) is 9.59 Å². The highest BCUT2D eigenvalue weighted by Gasteiger charge is 2.37. The van der Waals surface area contributed by atoms with Gasteiger partial charge >= 0.3 is 0 Å². The topological polar surface area (TPSA) is 49.7 Å². The molecule has 1 aliphatic rings. The Bertz CT molecular complexity index is 419. The maximum absolute atomic E-state index is 12.0. The van der Waals surface area contributed by atoms with Crippen molar-refractivity contribution in [2.24, 2.45) is 11.0 Å². The number of carbonyl (C=O) groups excluding carboxylic acids is 2. The summed E-state index contributed by atoms with van der Waals surface area (Å²) in [6.07, 6.45) is 2.12. The molecule has 0 N–H and O–H groups in total. The molecule has 4 nitrogen and oxygen atoms in total. The molecule has 1 unspecified atom stereocenters. The summed E-state index contributed by atoms with van der Waals surface area (Å²) in [5.74, 6) is -0.591. The summed E-state index contributed by atoms with van der Waals surface area (Å²) in [4.78, 5) is 23.8. The molecule has 0 bridgehead atoms. The Morgan fingerprint density at radius 3 is 2.00 bits per heavy atom. The summed E-state index contributed by atoms with van der Waals surface area (Å²) in [6, 6.07) is 0. The summed E-state index contributed by atoms with van der Waals surface area (Å²) in [7, 11) is -3.21. The van der Waals surface area contributed by atoms with Crippen molar-refractivity contribution in [1.82, 2.24) is 4.34 Å². The molecule has 1 fully saturated rings. The maximum Gasteiger partial charge on any atom is 0.158 e. The van der Waals surface area contributed by atoms with E-state index in [1.807, 2.05) is 0 Å². The fourth-order valence-corrected chi connectivity index (χ4v) is 11.8. The van der Waals surface area contributed by atoms with Crippen molar-refractivity contribution in [2.75, 3.05) is 0 Å². The third kappa shape index (κ3) is 4.12. The lowest BCUT2D eigenvalue weighted by Crippen LogP contribution is -2.56. The van der Waals surface area contributed by atoms with Crippen LogP contribution in [0.25, 0.3) is 0 Å². The van der Waals surface area contributed by atoms with E-state index in [1.54, 1.807) is 0 Å². The van der Waals surface area contributed by atoms with Gasteiger partial charge in [-0.25, -0.2) is 5.10 Å². The van der Waals surface area contributed by atoms with Crippen LogP contribution >= 0.6 is 0 Å². The number of hydrogen-bond donors (Lipinski definition) is 0. The van der Waals surface area contributed by atoms with Crippen molar-refractivity contribution in [3.05, 3.63) is 0 Å². The molecule has 0 spiro atoms. The van der Waals surface area contributed by atoms with Crippen molar-refractivity contribution < 1.29 is 9.59 Å². The van der Waals surface area contributed by atoms with Crippen molar-refractivity contribution in [2.45, 2.75) is 65.5 Å². The van der Waals surface area contributed by atoms with Crippen LogP contribution in [0.3, 0.4) is 0 Å². The molecular formula is C14H28N2O2Si2. The van der Waals surface area contributed by atoms with E-state index >= 15 is 0 Å². The van der Waals surface area contributed by atoms with E-state index in [-0.39, 0.29) is 11.6 Å². The van der Waals surface area contributed by atoms with Crippen molar-refractivity contribution in [1.29, 1.82) is 0 Å². The molecule has 1 saturated carbocycles. The van der Waals surface area contributed by atoms with Gasteiger partial charge in [0.2, 0.25) is 0 Å². The van der Waals surface area contributed by atoms with Gasteiger partial charge in [-0.3, -0.25) is 9.59 Å². The lowest BCUT2D eigenvalue weighted by Gasteiger charge is -2.42. The van der Waals surface area contributed by atoms with Crippen molar-refractivity contribution in [3.8, 4) is 0 Å². The average Bonchev–Trinajstić information content (AvgIpc) is 2.22. The first-order valence-corrected chi connectivity index (χ1v) is 14.2. The number of rotatable bonds is 4. The van der Waals surface area contributed by atoms with Gasteiger partial charge in [0.1, 0.15) is 17.5 Å². The van der Waals surface area contributed by atoms with Crippen LogP contribution in [0.4, 0.5) is 0 Å². The average molecular weight is 313 g/mol. The molecule has 1 atom stereocenters. The quantitative estimate of drug-likeness (QED) is 0.455. The summed E-state index contributed by atoms with van der Waals surface area (Å²) < 4.78 is 2.30. The molecular weight excluding hydrogens is 284 g/mol. The van der Waals surface area contributed by atoms with E-state index in [0.29, 0.717) is 6.42 Å². The second-order valence-electron chi connectivity index (χ2n) is 7.61. The van der Waals surface area contributed by atoms with Crippen LogP contribution in [0.5, 0.6) is 0 Å². The van der Waals surface area contributed by atoms with Crippen LogP contribution in [0, 0.1) is 5.92 Å². The van der Waals surface area contributed by atoms with E-state index in [0.717, 1.165) is 18.6 Å². The maximum atomic E-state index is 12.0. The van der Waals surface area contributed by atoms with Gasteiger partial charge in [0.05, 0.1) is 5.71 Å². The number of nitrogens with zero attached hydrogens (tertiary/aromatic N) is 2. The van der Waals surface area contributed by atoms with Crippen molar-refractivity contribution >= 4 is 33.7 Å². The predicted octanol–water partition coefficient (Wildman–Crippen LogP) is 3.27. The van der Waals surface area contributed by atoms with E-state index in [4.69, 9.17) is 5.10 Å². The summed E-state index contributed by atoms with van der Waals surface area (Å²) >= 11 is 0.